The fourth-order valence-corrected chi connectivity index (χ4v) is 4.87. The van der Waals surface area contributed by atoms with Crippen LogP contribution in [0.1, 0.15) is 18.4 Å². The summed E-state index contributed by atoms with van der Waals surface area (Å²) in [6.07, 6.45) is 5.85. The number of H-pyrrole nitrogens is 1. The van der Waals surface area contributed by atoms with Crippen molar-refractivity contribution in [2.45, 2.75) is 24.2 Å². The van der Waals surface area contributed by atoms with Crippen molar-refractivity contribution >= 4 is 10.0 Å². The fourth-order valence-electron chi connectivity index (χ4n) is 3.71. The molecule has 7 nitrogen and oxygen atoms in total. The molecule has 1 aromatic carbocycles. The molecule has 2 heterocycles. The number of nitrogens with zero attached hydrogens (tertiary/aromatic N) is 3. The number of hydrogen-bond acceptors (Lipinski definition) is 5. The van der Waals surface area contributed by atoms with Crippen molar-refractivity contribution in [1.82, 2.24) is 19.4 Å². The van der Waals surface area contributed by atoms with Crippen LogP contribution in [-0.4, -0.2) is 68.2 Å². The maximum absolute atomic E-state index is 12.6. The number of methoxy groups -OCH3 is 1. The lowest BCUT2D eigenvalue weighted by atomic mass is 9.97. The maximum atomic E-state index is 12.6. The summed E-state index contributed by atoms with van der Waals surface area (Å²) in [5, 5.41) is 6.32. The zero-order chi connectivity index (χ0) is 19.3. The highest BCUT2D eigenvalue weighted by molar-refractivity contribution is 7.89. The smallest absolute Gasteiger partial charge is 0.245 e. The van der Waals surface area contributed by atoms with Crippen LogP contribution < -0.4 is 4.74 Å². The van der Waals surface area contributed by atoms with Gasteiger partial charge in [0.05, 0.1) is 13.3 Å². The van der Waals surface area contributed by atoms with Crippen molar-refractivity contribution in [3.05, 3.63) is 42.2 Å². The molecule has 0 spiro atoms. The van der Waals surface area contributed by atoms with Gasteiger partial charge in [0, 0.05) is 32.9 Å². The SMILES string of the molecule is COc1ccccc1CCN1CCC[C@@H](CN(C)S(=O)(=O)c2cn[nH]c2)C1. The standard InChI is InChI=1S/C19H28N4O3S/c1-22(27(24,25)18-12-20-21-13-18)14-16-6-5-10-23(15-16)11-9-17-7-3-4-8-19(17)26-2/h3-4,7-8,12-13,16H,5-6,9-11,14-15H2,1-2H3,(H,20,21)/t16-/m0/s1. The fraction of sp³-hybridized carbons (Fsp3) is 0.526. The van der Waals surface area contributed by atoms with Gasteiger partial charge in [-0.15, -0.1) is 0 Å². The normalized spacial score (nSPS) is 18.7. The van der Waals surface area contributed by atoms with Crippen LogP contribution in [0.3, 0.4) is 0 Å². The molecule has 8 heteroatoms. The van der Waals surface area contributed by atoms with Gasteiger partial charge in [0.2, 0.25) is 10.0 Å². The van der Waals surface area contributed by atoms with Crippen LogP contribution in [0.5, 0.6) is 5.75 Å². The van der Waals surface area contributed by atoms with E-state index >= 15 is 0 Å². The number of benzene rings is 1. The Bertz CT molecular complexity index is 823. The summed E-state index contributed by atoms with van der Waals surface area (Å²) in [7, 11) is -0.123. The topological polar surface area (TPSA) is 78.5 Å². The van der Waals surface area contributed by atoms with Crippen molar-refractivity contribution in [2.75, 3.05) is 40.3 Å². The molecule has 0 amide bonds. The van der Waals surface area contributed by atoms with E-state index in [0.29, 0.717) is 12.5 Å². The van der Waals surface area contributed by atoms with E-state index in [1.165, 1.54) is 22.3 Å². The summed E-state index contributed by atoms with van der Waals surface area (Å²) in [6.45, 7) is 3.46. The van der Waals surface area contributed by atoms with E-state index < -0.39 is 10.0 Å². The van der Waals surface area contributed by atoms with Crippen molar-refractivity contribution in [2.24, 2.45) is 5.92 Å². The Morgan fingerprint density at radius 3 is 2.93 bits per heavy atom. The summed E-state index contributed by atoms with van der Waals surface area (Å²) in [6, 6.07) is 8.11. The predicted octanol–water partition coefficient (Wildman–Crippen LogP) is 1.99. The van der Waals surface area contributed by atoms with Crippen molar-refractivity contribution in [3.63, 3.8) is 0 Å². The molecule has 1 fully saturated rings. The summed E-state index contributed by atoms with van der Waals surface area (Å²) in [5.41, 5.74) is 1.21. The highest BCUT2D eigenvalue weighted by Crippen LogP contribution is 2.22. The second-order valence-corrected chi connectivity index (χ2v) is 9.14. The quantitative estimate of drug-likeness (QED) is 0.743. The molecular formula is C19H28N4O3S. The van der Waals surface area contributed by atoms with Crippen molar-refractivity contribution in [3.8, 4) is 5.75 Å². The molecule has 27 heavy (non-hydrogen) atoms. The number of likely N-dealkylation sites (tertiary alicyclic amines) is 1. The Kier molecular flexibility index (Phi) is 6.51. The molecule has 1 aliphatic heterocycles. The number of ether oxygens (including phenoxy) is 1. The minimum absolute atomic E-state index is 0.217. The van der Waals surface area contributed by atoms with Gasteiger partial charge in [-0.3, -0.25) is 5.10 Å². The zero-order valence-electron chi connectivity index (χ0n) is 16.0. The van der Waals surface area contributed by atoms with Crippen LogP contribution in [0, 0.1) is 5.92 Å². The first-order valence-electron chi connectivity index (χ1n) is 9.30. The van der Waals surface area contributed by atoms with Crippen LogP contribution >= 0.6 is 0 Å². The van der Waals surface area contributed by atoms with Gasteiger partial charge in [-0.2, -0.15) is 5.10 Å². The minimum atomic E-state index is -3.47. The molecule has 0 saturated carbocycles. The molecule has 148 valence electrons. The molecule has 2 aromatic rings. The molecule has 1 N–H and O–H groups in total. The van der Waals surface area contributed by atoms with Crippen LogP contribution in [-0.2, 0) is 16.4 Å². The average molecular weight is 393 g/mol. The summed E-state index contributed by atoms with van der Waals surface area (Å²) >= 11 is 0. The summed E-state index contributed by atoms with van der Waals surface area (Å²) in [4.78, 5) is 2.65. The second-order valence-electron chi connectivity index (χ2n) is 7.09. The number of nitrogens with one attached hydrogen (secondary N) is 1. The number of aromatic nitrogens is 2. The molecule has 1 saturated heterocycles. The second kappa shape index (κ2) is 8.86. The largest absolute Gasteiger partial charge is 0.496 e. The van der Waals surface area contributed by atoms with E-state index in [-0.39, 0.29) is 4.90 Å². The van der Waals surface area contributed by atoms with Gasteiger partial charge in [0.15, 0.2) is 0 Å². The highest BCUT2D eigenvalue weighted by Gasteiger charge is 2.27. The maximum Gasteiger partial charge on any atom is 0.245 e. The van der Waals surface area contributed by atoms with Gasteiger partial charge in [0.25, 0.3) is 0 Å². The first-order chi connectivity index (χ1) is 13.0. The van der Waals surface area contributed by atoms with E-state index in [1.807, 2.05) is 18.2 Å². The number of hydrogen-bond donors (Lipinski definition) is 1. The monoisotopic (exact) mass is 392 g/mol. The van der Waals surface area contributed by atoms with E-state index in [4.69, 9.17) is 4.74 Å². The van der Waals surface area contributed by atoms with Crippen LogP contribution in [0.15, 0.2) is 41.6 Å². The van der Waals surface area contributed by atoms with Crippen LogP contribution in [0.4, 0.5) is 0 Å². The number of sulfonamides is 1. The molecule has 0 bridgehead atoms. The first kappa shape index (κ1) is 19.9. The van der Waals surface area contributed by atoms with Crippen molar-refractivity contribution in [1.29, 1.82) is 0 Å². The molecule has 1 aromatic heterocycles. The lowest BCUT2D eigenvalue weighted by molar-refractivity contribution is 0.163. The van der Waals surface area contributed by atoms with E-state index in [1.54, 1.807) is 14.2 Å². The summed E-state index contributed by atoms with van der Waals surface area (Å²) < 4.78 is 32.0. The van der Waals surface area contributed by atoms with Gasteiger partial charge in [-0.25, -0.2) is 12.7 Å². The van der Waals surface area contributed by atoms with E-state index in [9.17, 15) is 8.42 Å². The summed E-state index contributed by atoms with van der Waals surface area (Å²) in [5.74, 6) is 1.26. The number of piperidine rings is 1. The highest BCUT2D eigenvalue weighted by atomic mass is 32.2. The Morgan fingerprint density at radius 2 is 2.19 bits per heavy atom. The predicted molar refractivity (Wildman–Crippen MR) is 104 cm³/mol. The number of aromatic amines is 1. The number of para-hydroxylation sites is 1. The lowest BCUT2D eigenvalue weighted by Crippen LogP contribution is -2.42. The third kappa shape index (κ3) is 4.88. The molecule has 0 aliphatic carbocycles. The number of rotatable bonds is 8. The Morgan fingerprint density at radius 1 is 1.37 bits per heavy atom. The molecule has 1 aliphatic rings. The van der Waals surface area contributed by atoms with E-state index in [2.05, 4.69) is 21.2 Å². The molecule has 0 unspecified atom stereocenters. The van der Waals surface area contributed by atoms with Gasteiger partial charge in [0.1, 0.15) is 10.6 Å². The molecule has 3 rings (SSSR count). The molecular weight excluding hydrogens is 364 g/mol. The Balaban J connectivity index is 1.55. The van der Waals surface area contributed by atoms with Crippen LogP contribution in [0.25, 0.3) is 0 Å². The first-order valence-corrected chi connectivity index (χ1v) is 10.7. The third-order valence-corrected chi connectivity index (χ3v) is 6.98. The Labute approximate surface area is 161 Å². The minimum Gasteiger partial charge on any atom is -0.496 e. The van der Waals surface area contributed by atoms with Gasteiger partial charge in [-0.1, -0.05) is 18.2 Å². The third-order valence-electron chi connectivity index (χ3n) is 5.19. The van der Waals surface area contributed by atoms with Gasteiger partial charge >= 0.3 is 0 Å². The van der Waals surface area contributed by atoms with Crippen LogP contribution in [0.2, 0.25) is 0 Å². The zero-order valence-corrected chi connectivity index (χ0v) is 16.8. The van der Waals surface area contributed by atoms with Crippen molar-refractivity contribution < 1.29 is 13.2 Å². The van der Waals surface area contributed by atoms with Gasteiger partial charge in [-0.05, 0) is 43.4 Å². The average Bonchev–Trinajstić information content (AvgIpc) is 3.22. The molecule has 0 radical (unpaired) electrons. The van der Waals surface area contributed by atoms with Gasteiger partial charge < -0.3 is 9.64 Å². The van der Waals surface area contributed by atoms with E-state index in [0.717, 1.165) is 44.6 Å². The lowest BCUT2D eigenvalue weighted by Gasteiger charge is -2.34. The molecule has 1 atom stereocenters. The Hall–Kier alpha value is -1.90.